The number of hydrogen-bond acceptors (Lipinski definition) is 3. The number of piperidine rings is 1. The van der Waals surface area contributed by atoms with Crippen molar-refractivity contribution in [2.45, 2.75) is 25.0 Å². The molecule has 0 aliphatic carbocycles. The summed E-state index contributed by atoms with van der Waals surface area (Å²) in [6.07, 6.45) is 4.62. The molecule has 3 N–H and O–H groups in total. The molecule has 1 aliphatic heterocycles. The van der Waals surface area contributed by atoms with Crippen LogP contribution in [-0.2, 0) is 0 Å². The molecule has 18 heavy (non-hydrogen) atoms. The molecule has 4 heteroatoms. The van der Waals surface area contributed by atoms with Crippen LogP contribution in [0.5, 0.6) is 0 Å². The Hall–Kier alpha value is -1.16. The van der Waals surface area contributed by atoms with Gasteiger partial charge >= 0.3 is 0 Å². The van der Waals surface area contributed by atoms with Crippen molar-refractivity contribution in [1.82, 2.24) is 0 Å². The molecule has 0 atom stereocenters. The molecular formula is C14H21N3S. The van der Waals surface area contributed by atoms with Gasteiger partial charge in [0.05, 0.1) is 5.69 Å². The molecule has 1 aromatic carbocycles. The van der Waals surface area contributed by atoms with Gasteiger partial charge in [-0.25, -0.2) is 0 Å². The van der Waals surface area contributed by atoms with Gasteiger partial charge in [-0.3, -0.25) is 5.41 Å². The third-order valence-electron chi connectivity index (χ3n) is 3.62. The number of thioether (sulfide) groups is 1. The molecule has 0 bridgehead atoms. The Morgan fingerprint density at radius 2 is 2.06 bits per heavy atom. The Bertz CT molecular complexity index is 437. The number of benzene rings is 1. The number of nitrogen functional groups attached to an aromatic ring is 1. The van der Waals surface area contributed by atoms with Crippen LogP contribution in [0.2, 0.25) is 0 Å². The normalized spacial score (nSPS) is 16.9. The molecule has 1 fully saturated rings. The first-order valence-electron chi connectivity index (χ1n) is 6.35. The summed E-state index contributed by atoms with van der Waals surface area (Å²) in [6, 6.07) is 6.03. The molecule has 0 radical (unpaired) electrons. The maximum Gasteiger partial charge on any atom is 0.124 e. The molecule has 0 spiro atoms. The Labute approximate surface area is 113 Å². The van der Waals surface area contributed by atoms with Crippen LogP contribution in [0.3, 0.4) is 0 Å². The number of para-hydroxylation sites is 1. The zero-order chi connectivity index (χ0) is 13.1. The predicted molar refractivity (Wildman–Crippen MR) is 80.9 cm³/mol. The second-order valence-electron chi connectivity index (χ2n) is 4.81. The van der Waals surface area contributed by atoms with Crippen molar-refractivity contribution in [3.05, 3.63) is 29.3 Å². The van der Waals surface area contributed by atoms with Gasteiger partial charge in [0, 0.05) is 23.9 Å². The van der Waals surface area contributed by atoms with Crippen LogP contribution in [0, 0.1) is 12.3 Å². The lowest BCUT2D eigenvalue weighted by Crippen LogP contribution is -2.36. The molecule has 0 saturated carbocycles. The number of aryl methyl sites for hydroxylation is 1. The monoisotopic (exact) mass is 263 g/mol. The van der Waals surface area contributed by atoms with Gasteiger partial charge in [0.2, 0.25) is 0 Å². The van der Waals surface area contributed by atoms with Crippen molar-refractivity contribution in [2.75, 3.05) is 24.2 Å². The fraction of sp³-hybridized carbons (Fsp3) is 0.500. The number of amidine groups is 1. The topological polar surface area (TPSA) is 53.1 Å². The van der Waals surface area contributed by atoms with E-state index in [9.17, 15) is 0 Å². The fourth-order valence-corrected chi connectivity index (χ4v) is 3.29. The highest BCUT2D eigenvalue weighted by molar-refractivity contribution is 7.99. The molecule has 0 unspecified atom stereocenters. The standard InChI is InChI=1S/C14H21N3S/c1-10-4-3-5-12(14(15)16)13(10)17-8-6-11(18-2)7-9-17/h3-5,11H,6-9H2,1-2H3,(H3,15,16). The molecule has 0 aromatic heterocycles. The molecule has 98 valence electrons. The summed E-state index contributed by atoms with van der Waals surface area (Å²) >= 11 is 1.96. The average Bonchev–Trinajstić information content (AvgIpc) is 2.38. The van der Waals surface area contributed by atoms with E-state index in [1.807, 2.05) is 23.9 Å². The van der Waals surface area contributed by atoms with E-state index in [4.69, 9.17) is 11.1 Å². The predicted octanol–water partition coefficient (Wildman–Crippen LogP) is 2.61. The highest BCUT2D eigenvalue weighted by Crippen LogP contribution is 2.30. The second kappa shape index (κ2) is 5.65. The van der Waals surface area contributed by atoms with E-state index in [0.29, 0.717) is 0 Å². The van der Waals surface area contributed by atoms with Crippen LogP contribution < -0.4 is 10.6 Å². The molecule has 2 rings (SSSR count). The molecule has 1 heterocycles. The van der Waals surface area contributed by atoms with Crippen molar-refractivity contribution >= 4 is 23.3 Å². The van der Waals surface area contributed by atoms with Crippen molar-refractivity contribution in [1.29, 1.82) is 5.41 Å². The Morgan fingerprint density at radius 3 is 2.61 bits per heavy atom. The highest BCUT2D eigenvalue weighted by Gasteiger charge is 2.22. The van der Waals surface area contributed by atoms with Gasteiger partial charge in [-0.05, 0) is 37.7 Å². The van der Waals surface area contributed by atoms with Gasteiger partial charge in [-0.2, -0.15) is 11.8 Å². The quantitative estimate of drug-likeness (QED) is 0.651. The highest BCUT2D eigenvalue weighted by atomic mass is 32.2. The number of nitrogens with zero attached hydrogens (tertiary/aromatic N) is 1. The maximum absolute atomic E-state index is 7.71. The first-order chi connectivity index (χ1) is 8.63. The van der Waals surface area contributed by atoms with Crippen LogP contribution >= 0.6 is 11.8 Å². The van der Waals surface area contributed by atoms with E-state index < -0.39 is 0 Å². The van der Waals surface area contributed by atoms with Gasteiger partial charge < -0.3 is 10.6 Å². The lowest BCUT2D eigenvalue weighted by atomic mass is 10.0. The number of rotatable bonds is 3. The van der Waals surface area contributed by atoms with Crippen LogP contribution in [0.25, 0.3) is 0 Å². The third kappa shape index (κ3) is 2.64. The number of anilines is 1. The second-order valence-corrected chi connectivity index (χ2v) is 5.94. The number of nitrogens with one attached hydrogen (secondary N) is 1. The Balaban J connectivity index is 2.26. The first-order valence-corrected chi connectivity index (χ1v) is 7.64. The van der Waals surface area contributed by atoms with Crippen molar-refractivity contribution in [3.8, 4) is 0 Å². The first kappa shape index (κ1) is 13.3. The van der Waals surface area contributed by atoms with E-state index in [2.05, 4.69) is 24.1 Å². The summed E-state index contributed by atoms with van der Waals surface area (Å²) in [5.41, 5.74) is 8.94. The minimum Gasteiger partial charge on any atom is -0.384 e. The van der Waals surface area contributed by atoms with Crippen molar-refractivity contribution < 1.29 is 0 Å². The van der Waals surface area contributed by atoms with Crippen molar-refractivity contribution in [3.63, 3.8) is 0 Å². The minimum absolute atomic E-state index is 0.167. The van der Waals surface area contributed by atoms with Gasteiger partial charge in [-0.15, -0.1) is 0 Å². The third-order valence-corrected chi connectivity index (χ3v) is 4.76. The van der Waals surface area contributed by atoms with Crippen LogP contribution in [-0.4, -0.2) is 30.4 Å². The van der Waals surface area contributed by atoms with Crippen LogP contribution in [0.1, 0.15) is 24.0 Å². The lowest BCUT2D eigenvalue weighted by Gasteiger charge is -2.35. The van der Waals surface area contributed by atoms with Crippen LogP contribution in [0.4, 0.5) is 5.69 Å². The van der Waals surface area contributed by atoms with Crippen LogP contribution in [0.15, 0.2) is 18.2 Å². The number of hydrogen-bond donors (Lipinski definition) is 2. The molecular weight excluding hydrogens is 242 g/mol. The zero-order valence-electron chi connectivity index (χ0n) is 11.1. The van der Waals surface area contributed by atoms with Crippen molar-refractivity contribution in [2.24, 2.45) is 5.73 Å². The summed E-state index contributed by atoms with van der Waals surface area (Å²) in [7, 11) is 0. The van der Waals surface area contributed by atoms with Gasteiger partial charge in [0.1, 0.15) is 5.84 Å². The summed E-state index contributed by atoms with van der Waals surface area (Å²) in [4.78, 5) is 2.39. The van der Waals surface area contributed by atoms with E-state index in [-0.39, 0.29) is 5.84 Å². The Kier molecular flexibility index (Phi) is 4.17. The maximum atomic E-state index is 7.71. The minimum atomic E-state index is 0.167. The summed E-state index contributed by atoms with van der Waals surface area (Å²) < 4.78 is 0. The fourth-order valence-electron chi connectivity index (χ4n) is 2.61. The summed E-state index contributed by atoms with van der Waals surface area (Å²) in [5.74, 6) is 0.167. The number of nitrogens with two attached hydrogens (primary N) is 1. The van der Waals surface area contributed by atoms with E-state index in [1.54, 1.807) is 0 Å². The largest absolute Gasteiger partial charge is 0.384 e. The molecule has 1 aromatic rings. The molecule has 1 saturated heterocycles. The molecule has 3 nitrogen and oxygen atoms in total. The smallest absolute Gasteiger partial charge is 0.124 e. The summed E-state index contributed by atoms with van der Waals surface area (Å²) in [5, 5.41) is 8.50. The van der Waals surface area contributed by atoms with E-state index >= 15 is 0 Å². The SMILES string of the molecule is CSC1CCN(c2c(C)cccc2C(=N)N)CC1. The average molecular weight is 263 g/mol. The molecule has 1 aliphatic rings. The van der Waals surface area contributed by atoms with Gasteiger partial charge in [0.25, 0.3) is 0 Å². The molecule has 0 amide bonds. The van der Waals surface area contributed by atoms with Gasteiger partial charge in [0.15, 0.2) is 0 Å². The zero-order valence-corrected chi connectivity index (χ0v) is 11.9. The Morgan fingerprint density at radius 1 is 1.39 bits per heavy atom. The van der Waals surface area contributed by atoms with E-state index in [0.717, 1.165) is 29.6 Å². The van der Waals surface area contributed by atoms with E-state index in [1.165, 1.54) is 18.4 Å². The summed E-state index contributed by atoms with van der Waals surface area (Å²) in [6.45, 7) is 4.23. The van der Waals surface area contributed by atoms with Gasteiger partial charge in [-0.1, -0.05) is 12.1 Å². The lowest BCUT2D eigenvalue weighted by molar-refractivity contribution is 0.590.